The minimum atomic E-state index is -3.00. The van der Waals surface area contributed by atoms with E-state index >= 15 is 0 Å². The van der Waals surface area contributed by atoms with Crippen molar-refractivity contribution in [2.75, 3.05) is 25.1 Å². The Morgan fingerprint density at radius 2 is 1.78 bits per heavy atom. The Kier molecular flexibility index (Phi) is 6.58. The molecule has 1 atom stereocenters. The van der Waals surface area contributed by atoms with Crippen LogP contribution in [0.4, 0.5) is 0 Å². The van der Waals surface area contributed by atoms with Crippen LogP contribution >= 0.6 is 0 Å². The Morgan fingerprint density at radius 1 is 1.07 bits per heavy atom. The molecule has 1 aromatic carbocycles. The Balaban J connectivity index is 1.69. The molecule has 1 heterocycles. The number of carbonyl (C=O) groups excluding carboxylic acids is 1. The van der Waals surface area contributed by atoms with Gasteiger partial charge in [-0.3, -0.25) is 9.69 Å². The summed E-state index contributed by atoms with van der Waals surface area (Å²) in [5.74, 6) is 0.435. The zero-order chi connectivity index (χ0) is 19.4. The van der Waals surface area contributed by atoms with E-state index in [1.807, 2.05) is 29.0 Å². The molecule has 2 aliphatic rings. The molecule has 2 fully saturated rings. The second-order valence-corrected chi connectivity index (χ2v) is 10.5. The Hall–Kier alpha value is -1.40. The lowest BCUT2D eigenvalue weighted by molar-refractivity contribution is -0.137. The van der Waals surface area contributed by atoms with Gasteiger partial charge in [-0.05, 0) is 44.4 Å². The lowest BCUT2D eigenvalue weighted by Crippen LogP contribution is -2.51. The molecule has 0 aromatic heterocycles. The van der Waals surface area contributed by atoms with Gasteiger partial charge in [0, 0.05) is 18.6 Å². The maximum atomic E-state index is 13.2. The molecule has 0 bridgehead atoms. The summed E-state index contributed by atoms with van der Waals surface area (Å²) in [5, 5.41) is 0. The van der Waals surface area contributed by atoms with E-state index in [0.717, 1.165) is 32.2 Å². The normalized spacial score (nSPS) is 22.9. The van der Waals surface area contributed by atoms with Crippen molar-refractivity contribution < 1.29 is 13.2 Å². The third kappa shape index (κ3) is 5.32. The Bertz CT molecular complexity index is 756. The molecule has 1 amide bonds. The maximum absolute atomic E-state index is 13.2. The van der Waals surface area contributed by atoms with Crippen molar-refractivity contribution in [3.63, 3.8) is 0 Å². The number of amides is 1. The minimum Gasteiger partial charge on any atom is -0.335 e. The number of hydrogen-bond donors (Lipinski definition) is 0. The second-order valence-electron chi connectivity index (χ2n) is 8.25. The first-order valence-corrected chi connectivity index (χ1v) is 11.9. The van der Waals surface area contributed by atoms with Gasteiger partial charge in [-0.25, -0.2) is 8.42 Å². The van der Waals surface area contributed by atoms with Gasteiger partial charge in [-0.1, -0.05) is 43.5 Å². The summed E-state index contributed by atoms with van der Waals surface area (Å²) in [6.45, 7) is 3.14. The van der Waals surface area contributed by atoms with E-state index in [1.54, 1.807) is 0 Å². The maximum Gasteiger partial charge on any atom is 0.237 e. The highest BCUT2D eigenvalue weighted by molar-refractivity contribution is 7.91. The lowest BCUT2D eigenvalue weighted by atomic mass is 9.92. The predicted octanol–water partition coefficient (Wildman–Crippen LogP) is 2.78. The minimum absolute atomic E-state index is 0.0834. The van der Waals surface area contributed by atoms with E-state index < -0.39 is 9.84 Å². The number of rotatable bonds is 6. The van der Waals surface area contributed by atoms with Crippen LogP contribution in [-0.4, -0.2) is 61.3 Å². The molecule has 1 aromatic rings. The smallest absolute Gasteiger partial charge is 0.237 e. The van der Waals surface area contributed by atoms with Gasteiger partial charge in [0.05, 0.1) is 18.1 Å². The van der Waals surface area contributed by atoms with Crippen molar-refractivity contribution in [1.29, 1.82) is 0 Å². The van der Waals surface area contributed by atoms with Crippen molar-refractivity contribution in [2.45, 2.75) is 64.1 Å². The number of hydrogen-bond acceptors (Lipinski definition) is 4. The summed E-state index contributed by atoms with van der Waals surface area (Å²) in [4.78, 5) is 17.2. The average Bonchev–Trinajstić information content (AvgIpc) is 2.97. The van der Waals surface area contributed by atoms with Crippen LogP contribution in [0.5, 0.6) is 0 Å². The van der Waals surface area contributed by atoms with E-state index in [0.29, 0.717) is 13.0 Å². The van der Waals surface area contributed by atoms with Gasteiger partial charge in [0.2, 0.25) is 5.91 Å². The largest absolute Gasteiger partial charge is 0.335 e. The Morgan fingerprint density at radius 3 is 2.41 bits per heavy atom. The standard InChI is InChI=1S/C21H32N2O3S/c1-17-8-6-7-9-18(17)14-22(2)15-21(24)23(19-10-4-3-5-11-19)20-12-13-27(25,26)16-20/h6-9,19-20H,3-5,10-16H2,1-2H3. The van der Waals surface area contributed by atoms with Gasteiger partial charge >= 0.3 is 0 Å². The summed E-state index contributed by atoms with van der Waals surface area (Å²) in [6, 6.07) is 8.29. The molecular formula is C21H32N2O3S. The summed E-state index contributed by atoms with van der Waals surface area (Å²) < 4.78 is 24.0. The highest BCUT2D eigenvalue weighted by Crippen LogP contribution is 2.28. The quantitative estimate of drug-likeness (QED) is 0.747. The SMILES string of the molecule is Cc1ccccc1CN(C)CC(=O)N(C1CCCCC1)C1CCS(=O)(=O)C1. The first kappa shape index (κ1) is 20.3. The molecule has 1 saturated heterocycles. The van der Waals surface area contributed by atoms with E-state index in [1.165, 1.54) is 17.5 Å². The van der Waals surface area contributed by atoms with Crippen LogP contribution in [0.15, 0.2) is 24.3 Å². The molecule has 1 unspecified atom stereocenters. The first-order valence-electron chi connectivity index (χ1n) is 10.1. The van der Waals surface area contributed by atoms with E-state index in [2.05, 4.69) is 19.1 Å². The summed E-state index contributed by atoms with van der Waals surface area (Å²) in [5.41, 5.74) is 2.45. The number of benzene rings is 1. The van der Waals surface area contributed by atoms with Gasteiger partial charge in [-0.15, -0.1) is 0 Å². The molecule has 150 valence electrons. The third-order valence-electron chi connectivity index (χ3n) is 5.96. The topological polar surface area (TPSA) is 57.7 Å². The van der Waals surface area contributed by atoms with Gasteiger partial charge in [0.25, 0.3) is 0 Å². The highest BCUT2D eigenvalue weighted by atomic mass is 32.2. The van der Waals surface area contributed by atoms with E-state index in [9.17, 15) is 13.2 Å². The zero-order valence-corrected chi connectivity index (χ0v) is 17.4. The average molecular weight is 393 g/mol. The van der Waals surface area contributed by atoms with Crippen molar-refractivity contribution >= 4 is 15.7 Å². The molecule has 0 spiro atoms. The molecule has 0 radical (unpaired) electrons. The number of sulfone groups is 1. The molecule has 0 N–H and O–H groups in total. The monoisotopic (exact) mass is 392 g/mol. The van der Waals surface area contributed by atoms with Crippen LogP contribution in [0, 0.1) is 6.92 Å². The number of nitrogens with zero attached hydrogens (tertiary/aromatic N) is 2. The zero-order valence-electron chi connectivity index (χ0n) is 16.6. The fraction of sp³-hybridized carbons (Fsp3) is 0.667. The molecule has 27 heavy (non-hydrogen) atoms. The van der Waals surface area contributed by atoms with Crippen LogP contribution in [0.1, 0.15) is 49.7 Å². The fourth-order valence-corrected chi connectivity index (χ4v) is 6.22. The molecule has 1 aliphatic carbocycles. The van der Waals surface area contributed by atoms with Gasteiger partial charge in [0.15, 0.2) is 9.84 Å². The van der Waals surface area contributed by atoms with Gasteiger partial charge in [0.1, 0.15) is 0 Å². The molecule has 6 heteroatoms. The number of carbonyl (C=O) groups is 1. The van der Waals surface area contributed by atoms with Gasteiger partial charge < -0.3 is 4.90 Å². The lowest BCUT2D eigenvalue weighted by Gasteiger charge is -2.39. The van der Waals surface area contributed by atoms with Crippen LogP contribution in [-0.2, 0) is 21.2 Å². The molecule has 3 rings (SSSR count). The van der Waals surface area contributed by atoms with E-state index in [-0.39, 0.29) is 29.5 Å². The van der Waals surface area contributed by atoms with Crippen LogP contribution in [0.2, 0.25) is 0 Å². The molecule has 5 nitrogen and oxygen atoms in total. The number of aryl methyl sites for hydroxylation is 1. The molecule has 1 saturated carbocycles. The van der Waals surface area contributed by atoms with Gasteiger partial charge in [-0.2, -0.15) is 0 Å². The van der Waals surface area contributed by atoms with E-state index in [4.69, 9.17) is 0 Å². The molecular weight excluding hydrogens is 360 g/mol. The predicted molar refractivity (Wildman–Crippen MR) is 108 cm³/mol. The number of likely N-dealkylation sites (N-methyl/N-ethyl adjacent to an activating group) is 1. The third-order valence-corrected chi connectivity index (χ3v) is 7.71. The summed E-state index contributed by atoms with van der Waals surface area (Å²) in [7, 11) is -1.04. The van der Waals surface area contributed by atoms with Crippen molar-refractivity contribution in [3.8, 4) is 0 Å². The first-order chi connectivity index (χ1) is 12.9. The fourth-order valence-electron chi connectivity index (χ4n) is 4.51. The van der Waals surface area contributed by atoms with Crippen LogP contribution < -0.4 is 0 Å². The Labute approximate surface area is 163 Å². The van der Waals surface area contributed by atoms with Crippen LogP contribution in [0.25, 0.3) is 0 Å². The van der Waals surface area contributed by atoms with Crippen molar-refractivity contribution in [1.82, 2.24) is 9.80 Å². The van der Waals surface area contributed by atoms with Crippen LogP contribution in [0.3, 0.4) is 0 Å². The van der Waals surface area contributed by atoms with Crippen molar-refractivity contribution in [3.05, 3.63) is 35.4 Å². The highest BCUT2D eigenvalue weighted by Gasteiger charge is 2.38. The summed E-state index contributed by atoms with van der Waals surface area (Å²) >= 11 is 0. The summed E-state index contributed by atoms with van der Waals surface area (Å²) in [6.07, 6.45) is 6.08. The second kappa shape index (κ2) is 8.74. The molecule has 1 aliphatic heterocycles. The van der Waals surface area contributed by atoms with Crippen molar-refractivity contribution in [2.24, 2.45) is 0 Å².